The summed E-state index contributed by atoms with van der Waals surface area (Å²) >= 11 is 0. The van der Waals surface area contributed by atoms with Crippen molar-refractivity contribution in [3.05, 3.63) is 23.6 Å². The molecule has 2 heterocycles. The van der Waals surface area contributed by atoms with Crippen LogP contribution in [0.3, 0.4) is 0 Å². The summed E-state index contributed by atoms with van der Waals surface area (Å²) in [7, 11) is 2.88. The van der Waals surface area contributed by atoms with Crippen LogP contribution in [0.25, 0.3) is 11.3 Å². The summed E-state index contributed by atoms with van der Waals surface area (Å²) in [6, 6.07) is 2.87. The molecule has 0 spiro atoms. The van der Waals surface area contributed by atoms with Crippen molar-refractivity contribution in [2.75, 3.05) is 13.9 Å². The average molecular weight is 294 g/mol. The summed E-state index contributed by atoms with van der Waals surface area (Å²) in [5.41, 5.74) is 0.579. The Morgan fingerprint density at radius 3 is 2.86 bits per heavy atom. The second-order valence-electron chi connectivity index (χ2n) is 4.35. The standard InChI is InChI=1S/C13H11FN2O5/c1-16-8(4-7(15-16)13(17)18)6-3-9-12(21-5-20-9)10(14)11(6)19-2/h3-4H,5H2,1-2H3,(H,17,18). The van der Waals surface area contributed by atoms with Crippen LogP contribution in [0.2, 0.25) is 0 Å². The van der Waals surface area contributed by atoms with Crippen molar-refractivity contribution >= 4 is 5.97 Å². The maximum absolute atomic E-state index is 14.3. The van der Waals surface area contributed by atoms with E-state index in [1.54, 1.807) is 7.05 Å². The normalized spacial score (nSPS) is 12.5. The lowest BCUT2D eigenvalue weighted by Crippen LogP contribution is -2.00. The molecule has 0 bridgehead atoms. The Balaban J connectivity index is 2.23. The van der Waals surface area contributed by atoms with E-state index in [9.17, 15) is 9.18 Å². The highest BCUT2D eigenvalue weighted by Crippen LogP contribution is 2.45. The van der Waals surface area contributed by atoms with E-state index >= 15 is 0 Å². The molecule has 0 aliphatic carbocycles. The van der Waals surface area contributed by atoms with E-state index in [0.717, 1.165) is 0 Å². The lowest BCUT2D eigenvalue weighted by atomic mass is 10.1. The Morgan fingerprint density at radius 1 is 1.48 bits per heavy atom. The number of fused-ring (bicyclic) bond motifs is 1. The van der Waals surface area contributed by atoms with Crippen LogP contribution >= 0.6 is 0 Å². The molecule has 21 heavy (non-hydrogen) atoms. The van der Waals surface area contributed by atoms with Crippen LogP contribution in [-0.4, -0.2) is 34.8 Å². The van der Waals surface area contributed by atoms with Crippen LogP contribution in [0.5, 0.6) is 17.2 Å². The third-order valence-electron chi connectivity index (χ3n) is 3.14. The number of benzene rings is 1. The van der Waals surface area contributed by atoms with E-state index in [1.165, 1.54) is 23.9 Å². The molecule has 110 valence electrons. The molecule has 1 aromatic heterocycles. The molecule has 0 radical (unpaired) electrons. The zero-order chi connectivity index (χ0) is 15.1. The first-order valence-corrected chi connectivity index (χ1v) is 5.96. The van der Waals surface area contributed by atoms with E-state index in [0.29, 0.717) is 11.3 Å². The number of carbonyl (C=O) groups is 1. The fourth-order valence-corrected chi connectivity index (χ4v) is 2.20. The van der Waals surface area contributed by atoms with Gasteiger partial charge in [0, 0.05) is 12.6 Å². The first kappa shape index (κ1) is 13.2. The van der Waals surface area contributed by atoms with Gasteiger partial charge < -0.3 is 19.3 Å². The van der Waals surface area contributed by atoms with Crippen molar-refractivity contribution in [2.45, 2.75) is 0 Å². The molecule has 8 heteroatoms. The van der Waals surface area contributed by atoms with Gasteiger partial charge in [0.15, 0.2) is 17.2 Å². The molecular formula is C13H11FN2O5. The van der Waals surface area contributed by atoms with Crippen molar-refractivity contribution in [1.82, 2.24) is 9.78 Å². The molecule has 1 aromatic carbocycles. The minimum absolute atomic E-state index is 0.0174. The third-order valence-corrected chi connectivity index (χ3v) is 3.14. The van der Waals surface area contributed by atoms with Gasteiger partial charge in [-0.25, -0.2) is 4.79 Å². The second-order valence-corrected chi connectivity index (χ2v) is 4.35. The number of halogens is 1. The third kappa shape index (κ3) is 1.95. The molecule has 0 saturated carbocycles. The van der Waals surface area contributed by atoms with E-state index < -0.39 is 11.8 Å². The Kier molecular flexibility index (Phi) is 2.93. The lowest BCUT2D eigenvalue weighted by Gasteiger charge is -2.11. The van der Waals surface area contributed by atoms with Crippen molar-refractivity contribution < 1.29 is 28.5 Å². The summed E-state index contributed by atoms with van der Waals surface area (Å²) < 4.78 is 31.0. The van der Waals surface area contributed by atoms with Crippen LogP contribution in [0.1, 0.15) is 10.5 Å². The van der Waals surface area contributed by atoms with E-state index in [1.807, 2.05) is 0 Å². The van der Waals surface area contributed by atoms with Gasteiger partial charge in [0.2, 0.25) is 18.4 Å². The molecule has 1 aliphatic heterocycles. The summed E-state index contributed by atoms with van der Waals surface area (Å²) in [5.74, 6) is -1.70. The predicted molar refractivity (Wildman–Crippen MR) is 68.2 cm³/mol. The molecular weight excluding hydrogens is 283 g/mol. The van der Waals surface area contributed by atoms with Crippen LogP contribution < -0.4 is 14.2 Å². The molecule has 0 amide bonds. The van der Waals surface area contributed by atoms with Gasteiger partial charge in [-0.05, 0) is 12.1 Å². The number of hydrogen-bond donors (Lipinski definition) is 1. The highest BCUT2D eigenvalue weighted by Gasteiger charge is 2.27. The van der Waals surface area contributed by atoms with Gasteiger partial charge in [-0.1, -0.05) is 0 Å². The molecule has 7 nitrogen and oxygen atoms in total. The first-order valence-electron chi connectivity index (χ1n) is 5.96. The number of carboxylic acid groups (broad SMARTS) is 1. The predicted octanol–water partition coefficient (Wildman–Crippen LogP) is 1.66. The Labute approximate surface area is 118 Å². The zero-order valence-electron chi connectivity index (χ0n) is 11.2. The largest absolute Gasteiger partial charge is 0.493 e. The second kappa shape index (κ2) is 4.65. The molecule has 3 rings (SSSR count). The molecule has 0 atom stereocenters. The number of ether oxygens (including phenoxy) is 3. The van der Waals surface area contributed by atoms with E-state index in [4.69, 9.17) is 19.3 Å². The number of rotatable bonds is 3. The fraction of sp³-hybridized carbons (Fsp3) is 0.231. The molecule has 1 aliphatic rings. The highest BCUT2D eigenvalue weighted by atomic mass is 19.1. The number of nitrogens with zero attached hydrogens (tertiary/aromatic N) is 2. The number of aromatic carboxylic acids is 1. The van der Waals surface area contributed by atoms with Gasteiger partial charge in [-0.2, -0.15) is 9.49 Å². The quantitative estimate of drug-likeness (QED) is 0.927. The summed E-state index contributed by atoms with van der Waals surface area (Å²) in [6.45, 7) is -0.0787. The van der Waals surface area contributed by atoms with Gasteiger partial charge >= 0.3 is 5.97 Å². The average Bonchev–Trinajstić information content (AvgIpc) is 3.05. The Hall–Kier alpha value is -2.77. The van der Waals surface area contributed by atoms with Crippen LogP contribution in [0.4, 0.5) is 4.39 Å². The molecule has 0 saturated heterocycles. The summed E-state index contributed by atoms with van der Waals surface area (Å²) in [6.07, 6.45) is 0. The van der Waals surface area contributed by atoms with Crippen molar-refractivity contribution in [3.63, 3.8) is 0 Å². The molecule has 0 fully saturated rings. The first-order chi connectivity index (χ1) is 10.0. The highest BCUT2D eigenvalue weighted by molar-refractivity contribution is 5.87. The molecule has 1 N–H and O–H groups in total. The topological polar surface area (TPSA) is 82.8 Å². The summed E-state index contributed by atoms with van der Waals surface area (Å²) in [4.78, 5) is 11.0. The van der Waals surface area contributed by atoms with Gasteiger partial charge in [0.1, 0.15) is 0 Å². The Bertz CT molecular complexity index is 741. The minimum Gasteiger partial charge on any atom is -0.493 e. The number of carboxylic acids is 1. The number of aryl methyl sites for hydroxylation is 1. The molecule has 2 aromatic rings. The van der Waals surface area contributed by atoms with Gasteiger partial charge in [-0.3, -0.25) is 4.68 Å². The number of aromatic nitrogens is 2. The maximum atomic E-state index is 14.3. The SMILES string of the molecule is COc1c(-c2cc(C(=O)O)nn2C)cc2c(c1F)OCO2. The van der Waals surface area contributed by atoms with Crippen molar-refractivity contribution in [2.24, 2.45) is 7.05 Å². The minimum atomic E-state index is -1.17. The van der Waals surface area contributed by atoms with Crippen molar-refractivity contribution in [1.29, 1.82) is 0 Å². The summed E-state index contributed by atoms with van der Waals surface area (Å²) in [5, 5.41) is 12.8. The van der Waals surface area contributed by atoms with Gasteiger partial charge in [-0.15, -0.1) is 0 Å². The zero-order valence-corrected chi connectivity index (χ0v) is 11.2. The molecule has 0 unspecified atom stereocenters. The van der Waals surface area contributed by atoms with Crippen LogP contribution in [0, 0.1) is 5.82 Å². The van der Waals surface area contributed by atoms with Gasteiger partial charge in [0.25, 0.3) is 0 Å². The van der Waals surface area contributed by atoms with Crippen LogP contribution in [-0.2, 0) is 7.05 Å². The van der Waals surface area contributed by atoms with E-state index in [2.05, 4.69) is 5.10 Å². The van der Waals surface area contributed by atoms with E-state index in [-0.39, 0.29) is 29.7 Å². The lowest BCUT2D eigenvalue weighted by molar-refractivity contribution is 0.0689. The van der Waals surface area contributed by atoms with Gasteiger partial charge in [0.05, 0.1) is 12.8 Å². The maximum Gasteiger partial charge on any atom is 0.356 e. The monoisotopic (exact) mass is 294 g/mol. The van der Waals surface area contributed by atoms with Crippen molar-refractivity contribution in [3.8, 4) is 28.5 Å². The van der Waals surface area contributed by atoms with Crippen LogP contribution in [0.15, 0.2) is 12.1 Å². The number of hydrogen-bond acceptors (Lipinski definition) is 5. The number of methoxy groups -OCH3 is 1. The smallest absolute Gasteiger partial charge is 0.356 e. The fourth-order valence-electron chi connectivity index (χ4n) is 2.20. The Morgan fingerprint density at radius 2 is 2.24 bits per heavy atom.